The quantitative estimate of drug-likeness (QED) is 0.899. The van der Waals surface area contributed by atoms with Crippen LogP contribution in [0.2, 0.25) is 0 Å². The third kappa shape index (κ3) is 4.76. The minimum atomic E-state index is -2.45. The SMILES string of the molecule is Cl.Cl.Oc1cccc([C@@H](C(F)F)N2CCNCC2)c1. The summed E-state index contributed by atoms with van der Waals surface area (Å²) < 4.78 is 26.3. The molecule has 0 bridgehead atoms. The molecular formula is C12H18Cl2F2N2O. The van der Waals surface area contributed by atoms with Crippen LogP contribution in [0.3, 0.4) is 0 Å². The van der Waals surface area contributed by atoms with Crippen LogP contribution >= 0.6 is 24.8 Å². The van der Waals surface area contributed by atoms with Crippen molar-refractivity contribution < 1.29 is 13.9 Å². The number of nitrogens with zero attached hydrogens (tertiary/aromatic N) is 1. The van der Waals surface area contributed by atoms with E-state index in [-0.39, 0.29) is 30.6 Å². The molecule has 1 aliphatic rings. The number of piperazine rings is 1. The number of benzene rings is 1. The van der Waals surface area contributed by atoms with Crippen LogP contribution in [0, 0.1) is 0 Å². The molecule has 1 saturated heterocycles. The van der Waals surface area contributed by atoms with Crippen LogP contribution < -0.4 is 5.32 Å². The lowest BCUT2D eigenvalue weighted by Crippen LogP contribution is -2.46. The number of aromatic hydroxyl groups is 1. The highest BCUT2D eigenvalue weighted by molar-refractivity contribution is 5.85. The first-order chi connectivity index (χ1) is 8.18. The second-order valence-corrected chi connectivity index (χ2v) is 4.16. The number of halogens is 4. The maximum Gasteiger partial charge on any atom is 0.258 e. The summed E-state index contributed by atoms with van der Waals surface area (Å²) >= 11 is 0. The number of hydrogen-bond acceptors (Lipinski definition) is 3. The molecule has 0 saturated carbocycles. The first kappa shape index (κ1) is 18.4. The summed E-state index contributed by atoms with van der Waals surface area (Å²) in [6.07, 6.45) is -2.45. The van der Waals surface area contributed by atoms with E-state index in [2.05, 4.69) is 5.32 Å². The predicted molar refractivity (Wildman–Crippen MR) is 75.8 cm³/mol. The molecule has 110 valence electrons. The summed E-state index contributed by atoms with van der Waals surface area (Å²) in [5.74, 6) is 0.0308. The number of phenolic OH excluding ortho intramolecular Hbond substituents is 1. The first-order valence-corrected chi connectivity index (χ1v) is 5.70. The molecule has 1 fully saturated rings. The molecule has 0 amide bonds. The fourth-order valence-corrected chi connectivity index (χ4v) is 2.18. The molecule has 3 nitrogen and oxygen atoms in total. The Morgan fingerprint density at radius 3 is 2.32 bits per heavy atom. The van der Waals surface area contributed by atoms with E-state index in [1.54, 1.807) is 17.0 Å². The van der Waals surface area contributed by atoms with Crippen molar-refractivity contribution in [1.29, 1.82) is 0 Å². The maximum atomic E-state index is 13.2. The van der Waals surface area contributed by atoms with Crippen LogP contribution in [0.25, 0.3) is 0 Å². The standard InChI is InChI=1S/C12H16F2N2O.2ClH/c13-12(14)11(16-6-4-15-5-7-16)9-2-1-3-10(17)8-9;;/h1-3,8,11-12,15,17H,4-7H2;2*1H/t11-;;/m0../s1. The van der Waals surface area contributed by atoms with Gasteiger partial charge in [0.25, 0.3) is 6.43 Å². The summed E-state index contributed by atoms with van der Waals surface area (Å²) in [5.41, 5.74) is 0.474. The Bertz CT molecular complexity index is 377. The molecule has 0 spiro atoms. The number of alkyl halides is 2. The highest BCUT2D eigenvalue weighted by Gasteiger charge is 2.30. The molecule has 2 rings (SSSR count). The Kier molecular flexibility index (Phi) is 8.25. The van der Waals surface area contributed by atoms with Gasteiger partial charge in [-0.15, -0.1) is 24.8 Å². The minimum absolute atomic E-state index is 0. The van der Waals surface area contributed by atoms with Crippen molar-refractivity contribution in [3.05, 3.63) is 29.8 Å². The van der Waals surface area contributed by atoms with Crippen molar-refractivity contribution in [2.75, 3.05) is 26.2 Å². The summed E-state index contributed by atoms with van der Waals surface area (Å²) in [4.78, 5) is 1.76. The van der Waals surface area contributed by atoms with Crippen molar-refractivity contribution in [3.8, 4) is 5.75 Å². The van der Waals surface area contributed by atoms with Gasteiger partial charge in [-0.05, 0) is 17.7 Å². The molecule has 1 heterocycles. The van der Waals surface area contributed by atoms with Gasteiger partial charge in [0, 0.05) is 26.2 Å². The maximum absolute atomic E-state index is 13.2. The second-order valence-electron chi connectivity index (χ2n) is 4.16. The van der Waals surface area contributed by atoms with Gasteiger partial charge in [-0.2, -0.15) is 0 Å². The summed E-state index contributed by atoms with van der Waals surface area (Å²) in [7, 11) is 0. The summed E-state index contributed by atoms with van der Waals surface area (Å²) in [6, 6.07) is 5.22. The molecule has 1 atom stereocenters. The summed E-state index contributed by atoms with van der Waals surface area (Å²) in [6.45, 7) is 2.65. The zero-order chi connectivity index (χ0) is 12.3. The fourth-order valence-electron chi connectivity index (χ4n) is 2.18. The monoisotopic (exact) mass is 314 g/mol. The number of hydrogen-bond donors (Lipinski definition) is 2. The van der Waals surface area contributed by atoms with Gasteiger partial charge >= 0.3 is 0 Å². The lowest BCUT2D eigenvalue weighted by Gasteiger charge is -2.34. The molecular weight excluding hydrogens is 297 g/mol. The number of rotatable bonds is 3. The Hall–Kier alpha value is -0.620. The normalized spacial score (nSPS) is 17.4. The smallest absolute Gasteiger partial charge is 0.258 e. The van der Waals surface area contributed by atoms with E-state index >= 15 is 0 Å². The highest BCUT2D eigenvalue weighted by atomic mass is 35.5. The Balaban J connectivity index is 0.00000162. The highest BCUT2D eigenvalue weighted by Crippen LogP contribution is 2.29. The zero-order valence-corrected chi connectivity index (χ0v) is 11.9. The zero-order valence-electron chi connectivity index (χ0n) is 10.3. The molecule has 19 heavy (non-hydrogen) atoms. The summed E-state index contributed by atoms with van der Waals surface area (Å²) in [5, 5.41) is 12.5. The first-order valence-electron chi connectivity index (χ1n) is 5.70. The van der Waals surface area contributed by atoms with Crippen LogP contribution in [-0.2, 0) is 0 Å². The molecule has 0 aliphatic carbocycles. The van der Waals surface area contributed by atoms with Crippen LogP contribution in [0.1, 0.15) is 11.6 Å². The average Bonchev–Trinajstić information content (AvgIpc) is 2.30. The third-order valence-electron chi connectivity index (χ3n) is 3.00. The van der Waals surface area contributed by atoms with Crippen LogP contribution in [0.15, 0.2) is 24.3 Å². The van der Waals surface area contributed by atoms with Crippen molar-refractivity contribution in [2.45, 2.75) is 12.5 Å². The largest absolute Gasteiger partial charge is 0.508 e. The Morgan fingerprint density at radius 2 is 1.79 bits per heavy atom. The van der Waals surface area contributed by atoms with E-state index in [0.717, 1.165) is 13.1 Å². The van der Waals surface area contributed by atoms with Crippen LogP contribution in [-0.4, -0.2) is 42.6 Å². The van der Waals surface area contributed by atoms with Gasteiger partial charge in [-0.1, -0.05) is 12.1 Å². The van der Waals surface area contributed by atoms with E-state index in [9.17, 15) is 13.9 Å². The van der Waals surface area contributed by atoms with E-state index < -0.39 is 12.5 Å². The van der Waals surface area contributed by atoms with Crippen LogP contribution in [0.5, 0.6) is 5.75 Å². The van der Waals surface area contributed by atoms with E-state index in [1.807, 2.05) is 0 Å². The van der Waals surface area contributed by atoms with Crippen molar-refractivity contribution in [1.82, 2.24) is 10.2 Å². The molecule has 2 N–H and O–H groups in total. The van der Waals surface area contributed by atoms with Gasteiger partial charge in [0.2, 0.25) is 0 Å². The van der Waals surface area contributed by atoms with Crippen molar-refractivity contribution in [3.63, 3.8) is 0 Å². The average molecular weight is 315 g/mol. The molecule has 0 unspecified atom stereocenters. The van der Waals surface area contributed by atoms with Crippen molar-refractivity contribution in [2.24, 2.45) is 0 Å². The second kappa shape index (κ2) is 8.53. The molecule has 7 heteroatoms. The fraction of sp³-hybridized carbons (Fsp3) is 0.500. The van der Waals surface area contributed by atoms with Gasteiger partial charge in [0.05, 0.1) is 6.04 Å². The predicted octanol–water partition coefficient (Wildman–Crippen LogP) is 2.45. The third-order valence-corrected chi connectivity index (χ3v) is 3.00. The number of phenols is 1. The van der Waals surface area contributed by atoms with Crippen molar-refractivity contribution >= 4 is 24.8 Å². The molecule has 1 aromatic carbocycles. The minimum Gasteiger partial charge on any atom is -0.508 e. The van der Waals surface area contributed by atoms with Crippen LogP contribution in [0.4, 0.5) is 8.78 Å². The Labute approximate surface area is 123 Å². The van der Waals surface area contributed by atoms with E-state index in [1.165, 1.54) is 12.1 Å². The van der Waals surface area contributed by atoms with Gasteiger partial charge < -0.3 is 10.4 Å². The lowest BCUT2D eigenvalue weighted by atomic mass is 10.0. The van der Waals surface area contributed by atoms with Gasteiger partial charge in [0.15, 0.2) is 0 Å². The molecule has 1 aromatic rings. The van der Waals surface area contributed by atoms with Gasteiger partial charge in [-0.3, -0.25) is 4.90 Å². The Morgan fingerprint density at radius 1 is 1.16 bits per heavy atom. The van der Waals surface area contributed by atoms with E-state index in [0.29, 0.717) is 18.7 Å². The molecule has 0 radical (unpaired) electrons. The van der Waals surface area contributed by atoms with Gasteiger partial charge in [0.1, 0.15) is 5.75 Å². The lowest BCUT2D eigenvalue weighted by molar-refractivity contribution is 0.0181. The molecule has 0 aromatic heterocycles. The van der Waals surface area contributed by atoms with Gasteiger partial charge in [-0.25, -0.2) is 8.78 Å². The number of nitrogens with one attached hydrogen (secondary N) is 1. The van der Waals surface area contributed by atoms with E-state index in [4.69, 9.17) is 0 Å². The molecule has 1 aliphatic heterocycles. The topological polar surface area (TPSA) is 35.5 Å².